The number of amides is 1. The van der Waals surface area contributed by atoms with Crippen molar-refractivity contribution in [1.29, 1.82) is 0 Å². The summed E-state index contributed by atoms with van der Waals surface area (Å²) in [6.07, 6.45) is 9.05. The van der Waals surface area contributed by atoms with Crippen LogP contribution in [-0.2, 0) is 11.2 Å². The molecule has 0 bridgehead atoms. The van der Waals surface area contributed by atoms with Crippen LogP contribution in [0.3, 0.4) is 0 Å². The van der Waals surface area contributed by atoms with Gasteiger partial charge in [0.2, 0.25) is 5.91 Å². The number of aromatic nitrogens is 1. The van der Waals surface area contributed by atoms with Crippen LogP contribution in [0.25, 0.3) is 0 Å². The fourth-order valence-corrected chi connectivity index (χ4v) is 2.70. The summed E-state index contributed by atoms with van der Waals surface area (Å²) in [5, 5.41) is 12.4. The molecule has 19 heavy (non-hydrogen) atoms. The highest BCUT2D eigenvalue weighted by Gasteiger charge is 2.25. The Morgan fingerprint density at radius 1 is 1.32 bits per heavy atom. The summed E-state index contributed by atoms with van der Waals surface area (Å²) in [5.74, 6) is 0.320. The molecule has 0 aromatic carbocycles. The van der Waals surface area contributed by atoms with E-state index in [0.717, 1.165) is 37.7 Å². The third kappa shape index (κ3) is 4.31. The monoisotopic (exact) mass is 262 g/mol. The molecule has 4 heteroatoms. The first-order valence-electron chi connectivity index (χ1n) is 7.08. The zero-order valence-electron chi connectivity index (χ0n) is 11.2. The molecule has 4 nitrogen and oxygen atoms in total. The lowest BCUT2D eigenvalue weighted by Crippen LogP contribution is -2.43. The van der Waals surface area contributed by atoms with Gasteiger partial charge in [0.05, 0.1) is 0 Å². The third-order valence-electron chi connectivity index (χ3n) is 3.88. The molecule has 1 aliphatic carbocycles. The topological polar surface area (TPSA) is 62.2 Å². The molecular weight excluding hydrogens is 240 g/mol. The Balaban J connectivity index is 1.77. The number of rotatable bonds is 5. The molecule has 2 unspecified atom stereocenters. The molecule has 1 fully saturated rings. The van der Waals surface area contributed by atoms with Crippen molar-refractivity contribution in [2.24, 2.45) is 5.92 Å². The first-order valence-corrected chi connectivity index (χ1v) is 7.08. The standard InChI is InChI=1S/C15H22N2O2/c18-11-13-3-1-2-4-14(13)17-15(19)6-5-12-7-9-16-10-8-12/h7-10,13-14,18H,1-6,11H2,(H,17,19). The van der Waals surface area contributed by atoms with E-state index < -0.39 is 0 Å². The minimum absolute atomic E-state index is 0.0853. The number of pyridine rings is 1. The number of carbonyl (C=O) groups excluding carboxylic acids is 1. The van der Waals surface area contributed by atoms with Crippen LogP contribution >= 0.6 is 0 Å². The van der Waals surface area contributed by atoms with Crippen molar-refractivity contribution in [3.05, 3.63) is 30.1 Å². The van der Waals surface area contributed by atoms with Gasteiger partial charge in [0.15, 0.2) is 0 Å². The zero-order chi connectivity index (χ0) is 13.5. The van der Waals surface area contributed by atoms with E-state index in [1.54, 1.807) is 12.4 Å². The summed E-state index contributed by atoms with van der Waals surface area (Å²) in [4.78, 5) is 15.9. The Bertz CT molecular complexity index is 394. The summed E-state index contributed by atoms with van der Waals surface area (Å²) in [5.41, 5.74) is 1.13. The normalized spacial score (nSPS) is 23.0. The zero-order valence-corrected chi connectivity index (χ0v) is 11.2. The first-order chi connectivity index (χ1) is 9.29. The van der Waals surface area contributed by atoms with Crippen LogP contribution in [0, 0.1) is 5.92 Å². The van der Waals surface area contributed by atoms with E-state index in [2.05, 4.69) is 10.3 Å². The van der Waals surface area contributed by atoms with Crippen molar-refractivity contribution in [3.63, 3.8) is 0 Å². The molecule has 0 radical (unpaired) electrons. The summed E-state index contributed by atoms with van der Waals surface area (Å²) in [6, 6.07) is 4.03. The van der Waals surface area contributed by atoms with Crippen LogP contribution < -0.4 is 5.32 Å². The second-order valence-corrected chi connectivity index (χ2v) is 5.26. The SMILES string of the molecule is O=C(CCc1ccncc1)NC1CCCCC1CO. The average molecular weight is 262 g/mol. The minimum atomic E-state index is 0.0853. The lowest BCUT2D eigenvalue weighted by Gasteiger charge is -2.30. The number of aliphatic hydroxyl groups is 1. The molecule has 1 heterocycles. The fraction of sp³-hybridized carbons (Fsp3) is 0.600. The summed E-state index contributed by atoms with van der Waals surface area (Å²) < 4.78 is 0. The molecule has 0 saturated heterocycles. The van der Waals surface area contributed by atoms with E-state index in [4.69, 9.17) is 0 Å². The largest absolute Gasteiger partial charge is 0.396 e. The highest BCUT2D eigenvalue weighted by atomic mass is 16.3. The van der Waals surface area contributed by atoms with Crippen molar-refractivity contribution < 1.29 is 9.90 Å². The number of aliphatic hydroxyl groups excluding tert-OH is 1. The average Bonchev–Trinajstić information content (AvgIpc) is 2.47. The van der Waals surface area contributed by atoms with Crippen molar-refractivity contribution >= 4 is 5.91 Å². The van der Waals surface area contributed by atoms with Gasteiger partial charge in [0, 0.05) is 37.4 Å². The Labute approximate surface area is 114 Å². The van der Waals surface area contributed by atoms with E-state index in [1.165, 1.54) is 0 Å². The van der Waals surface area contributed by atoms with Gasteiger partial charge in [-0.1, -0.05) is 12.8 Å². The van der Waals surface area contributed by atoms with Crippen LogP contribution in [0.1, 0.15) is 37.7 Å². The lowest BCUT2D eigenvalue weighted by molar-refractivity contribution is -0.122. The van der Waals surface area contributed by atoms with E-state index in [-0.39, 0.29) is 24.5 Å². The van der Waals surface area contributed by atoms with Gasteiger partial charge >= 0.3 is 0 Å². The Kier molecular flexibility index (Phi) is 5.33. The predicted molar refractivity (Wildman–Crippen MR) is 73.5 cm³/mol. The van der Waals surface area contributed by atoms with Crippen molar-refractivity contribution in [2.45, 2.75) is 44.6 Å². The van der Waals surface area contributed by atoms with Gasteiger partial charge < -0.3 is 10.4 Å². The summed E-state index contributed by atoms with van der Waals surface area (Å²) in [6.45, 7) is 0.176. The van der Waals surface area contributed by atoms with Gasteiger partial charge in [-0.3, -0.25) is 9.78 Å². The van der Waals surface area contributed by atoms with Gasteiger partial charge in [-0.25, -0.2) is 0 Å². The van der Waals surface area contributed by atoms with E-state index >= 15 is 0 Å². The van der Waals surface area contributed by atoms with Crippen LogP contribution in [0.2, 0.25) is 0 Å². The maximum atomic E-state index is 11.9. The molecule has 2 atom stereocenters. The molecule has 1 amide bonds. The molecule has 1 aliphatic rings. The molecule has 1 aromatic rings. The van der Waals surface area contributed by atoms with E-state index in [9.17, 15) is 9.90 Å². The predicted octanol–water partition coefficient (Wildman–Crippen LogP) is 1.68. The van der Waals surface area contributed by atoms with E-state index in [0.29, 0.717) is 6.42 Å². The van der Waals surface area contributed by atoms with Crippen molar-refractivity contribution in [1.82, 2.24) is 10.3 Å². The van der Waals surface area contributed by atoms with Crippen molar-refractivity contribution in [3.8, 4) is 0 Å². The van der Waals surface area contributed by atoms with Gasteiger partial charge in [0.1, 0.15) is 0 Å². The maximum Gasteiger partial charge on any atom is 0.220 e. The highest BCUT2D eigenvalue weighted by molar-refractivity contribution is 5.76. The Morgan fingerprint density at radius 2 is 2.05 bits per heavy atom. The Hall–Kier alpha value is -1.42. The smallest absolute Gasteiger partial charge is 0.220 e. The quantitative estimate of drug-likeness (QED) is 0.848. The summed E-state index contributed by atoms with van der Waals surface area (Å²) >= 11 is 0. The molecular formula is C15H22N2O2. The van der Waals surface area contributed by atoms with Crippen LogP contribution in [0.15, 0.2) is 24.5 Å². The molecule has 104 valence electrons. The number of nitrogens with zero attached hydrogens (tertiary/aromatic N) is 1. The molecule has 0 aliphatic heterocycles. The minimum Gasteiger partial charge on any atom is -0.396 e. The maximum absolute atomic E-state index is 11.9. The van der Waals surface area contributed by atoms with Crippen LogP contribution in [-0.4, -0.2) is 28.6 Å². The Morgan fingerprint density at radius 3 is 2.79 bits per heavy atom. The second kappa shape index (κ2) is 7.24. The number of aryl methyl sites for hydroxylation is 1. The summed E-state index contributed by atoms with van der Waals surface area (Å²) in [7, 11) is 0. The number of carbonyl (C=O) groups is 1. The molecule has 2 rings (SSSR count). The van der Waals surface area contributed by atoms with Crippen LogP contribution in [0.4, 0.5) is 0 Å². The number of hydrogen-bond acceptors (Lipinski definition) is 3. The number of hydrogen-bond donors (Lipinski definition) is 2. The lowest BCUT2D eigenvalue weighted by atomic mass is 9.85. The fourth-order valence-electron chi connectivity index (χ4n) is 2.70. The van der Waals surface area contributed by atoms with Gasteiger partial charge in [-0.2, -0.15) is 0 Å². The molecule has 2 N–H and O–H groups in total. The van der Waals surface area contributed by atoms with Gasteiger partial charge in [0.25, 0.3) is 0 Å². The van der Waals surface area contributed by atoms with Crippen molar-refractivity contribution in [2.75, 3.05) is 6.61 Å². The van der Waals surface area contributed by atoms with Gasteiger partial charge in [-0.05, 0) is 37.0 Å². The molecule has 1 aromatic heterocycles. The third-order valence-corrected chi connectivity index (χ3v) is 3.88. The second-order valence-electron chi connectivity index (χ2n) is 5.26. The molecule has 0 spiro atoms. The highest BCUT2D eigenvalue weighted by Crippen LogP contribution is 2.24. The first kappa shape index (κ1) is 14.0. The molecule has 1 saturated carbocycles. The van der Waals surface area contributed by atoms with E-state index in [1.807, 2.05) is 12.1 Å². The van der Waals surface area contributed by atoms with Gasteiger partial charge in [-0.15, -0.1) is 0 Å². The number of nitrogens with one attached hydrogen (secondary N) is 1. The van der Waals surface area contributed by atoms with Crippen LogP contribution in [0.5, 0.6) is 0 Å².